The average molecular weight is 291 g/mol. The predicted octanol–water partition coefficient (Wildman–Crippen LogP) is 2.14. The van der Waals surface area contributed by atoms with Crippen LogP contribution in [0, 0.1) is 5.92 Å². The van der Waals surface area contributed by atoms with Crippen molar-refractivity contribution in [2.75, 3.05) is 11.9 Å². The monoisotopic (exact) mass is 291 g/mol. The Balaban J connectivity index is 2.68. The van der Waals surface area contributed by atoms with Crippen molar-refractivity contribution in [2.45, 2.75) is 39.7 Å². The SMILES string of the molecule is CC(C)NC(=O)c1cccc(NC(=O)C(C)CCCN)c1. The van der Waals surface area contributed by atoms with Gasteiger partial charge in [-0.05, 0) is 51.4 Å². The molecule has 5 heteroatoms. The van der Waals surface area contributed by atoms with Gasteiger partial charge in [0, 0.05) is 23.2 Å². The highest BCUT2D eigenvalue weighted by Gasteiger charge is 2.13. The summed E-state index contributed by atoms with van der Waals surface area (Å²) in [6, 6.07) is 7.03. The van der Waals surface area contributed by atoms with Gasteiger partial charge < -0.3 is 16.4 Å². The summed E-state index contributed by atoms with van der Waals surface area (Å²) in [5.41, 5.74) is 6.62. The highest BCUT2D eigenvalue weighted by Crippen LogP contribution is 2.14. The minimum atomic E-state index is -0.141. The third-order valence-electron chi connectivity index (χ3n) is 3.10. The highest BCUT2D eigenvalue weighted by molar-refractivity contribution is 5.97. The van der Waals surface area contributed by atoms with Crippen molar-refractivity contribution < 1.29 is 9.59 Å². The summed E-state index contributed by atoms with van der Waals surface area (Å²) >= 11 is 0. The number of amides is 2. The summed E-state index contributed by atoms with van der Waals surface area (Å²) in [7, 11) is 0. The standard InChI is InChI=1S/C16H25N3O2/c1-11(2)18-16(21)13-7-4-8-14(10-13)19-15(20)12(3)6-5-9-17/h4,7-8,10-12H,5-6,9,17H2,1-3H3,(H,18,21)(H,19,20). The van der Waals surface area contributed by atoms with E-state index in [1.165, 1.54) is 0 Å². The van der Waals surface area contributed by atoms with Gasteiger partial charge in [-0.25, -0.2) is 0 Å². The molecule has 0 saturated heterocycles. The lowest BCUT2D eigenvalue weighted by atomic mass is 10.0. The molecule has 0 aliphatic rings. The van der Waals surface area contributed by atoms with E-state index in [4.69, 9.17) is 5.73 Å². The lowest BCUT2D eigenvalue weighted by Crippen LogP contribution is -2.30. The van der Waals surface area contributed by atoms with Crippen molar-refractivity contribution >= 4 is 17.5 Å². The molecule has 0 aliphatic heterocycles. The van der Waals surface area contributed by atoms with E-state index in [0.717, 1.165) is 12.8 Å². The zero-order valence-electron chi connectivity index (χ0n) is 13.0. The number of carbonyl (C=O) groups excluding carboxylic acids is 2. The first-order valence-corrected chi connectivity index (χ1v) is 7.36. The van der Waals surface area contributed by atoms with Crippen LogP contribution in [0.2, 0.25) is 0 Å². The van der Waals surface area contributed by atoms with Gasteiger partial charge in [-0.1, -0.05) is 13.0 Å². The van der Waals surface area contributed by atoms with Gasteiger partial charge in [0.05, 0.1) is 0 Å². The fourth-order valence-electron chi connectivity index (χ4n) is 1.90. The topological polar surface area (TPSA) is 84.2 Å². The summed E-state index contributed by atoms with van der Waals surface area (Å²) in [5, 5.41) is 5.66. The minimum Gasteiger partial charge on any atom is -0.350 e. The van der Waals surface area contributed by atoms with Crippen molar-refractivity contribution in [2.24, 2.45) is 11.7 Å². The van der Waals surface area contributed by atoms with Crippen LogP contribution in [0.3, 0.4) is 0 Å². The van der Waals surface area contributed by atoms with E-state index >= 15 is 0 Å². The lowest BCUT2D eigenvalue weighted by Gasteiger charge is -2.13. The molecule has 0 aromatic heterocycles. The molecule has 0 radical (unpaired) electrons. The highest BCUT2D eigenvalue weighted by atomic mass is 16.2. The summed E-state index contributed by atoms with van der Waals surface area (Å²) < 4.78 is 0. The van der Waals surface area contributed by atoms with E-state index in [2.05, 4.69) is 10.6 Å². The van der Waals surface area contributed by atoms with Gasteiger partial charge in [-0.3, -0.25) is 9.59 Å². The van der Waals surface area contributed by atoms with E-state index in [0.29, 0.717) is 17.8 Å². The number of carbonyl (C=O) groups is 2. The molecule has 0 saturated carbocycles. The number of rotatable bonds is 7. The number of nitrogens with two attached hydrogens (primary N) is 1. The molecule has 0 fully saturated rings. The van der Waals surface area contributed by atoms with Crippen LogP contribution in [0.15, 0.2) is 24.3 Å². The number of benzene rings is 1. The molecule has 116 valence electrons. The van der Waals surface area contributed by atoms with Crippen LogP contribution < -0.4 is 16.4 Å². The van der Waals surface area contributed by atoms with Gasteiger partial charge in [-0.15, -0.1) is 0 Å². The Morgan fingerprint density at radius 2 is 1.95 bits per heavy atom. The second-order valence-corrected chi connectivity index (χ2v) is 5.53. The van der Waals surface area contributed by atoms with E-state index in [1.54, 1.807) is 24.3 Å². The molecule has 1 unspecified atom stereocenters. The normalized spacial score (nSPS) is 12.0. The number of hydrogen-bond donors (Lipinski definition) is 3. The van der Waals surface area contributed by atoms with Gasteiger partial charge >= 0.3 is 0 Å². The molecule has 4 N–H and O–H groups in total. The Kier molecular flexibility index (Phi) is 6.88. The second-order valence-electron chi connectivity index (χ2n) is 5.53. The molecule has 5 nitrogen and oxygen atoms in total. The van der Waals surface area contributed by atoms with E-state index in [9.17, 15) is 9.59 Å². The maximum atomic E-state index is 12.0. The molecule has 2 amide bonds. The lowest BCUT2D eigenvalue weighted by molar-refractivity contribution is -0.119. The maximum absolute atomic E-state index is 12.0. The van der Waals surface area contributed by atoms with E-state index in [1.807, 2.05) is 20.8 Å². The Hall–Kier alpha value is -1.88. The van der Waals surface area contributed by atoms with E-state index < -0.39 is 0 Å². The zero-order chi connectivity index (χ0) is 15.8. The van der Waals surface area contributed by atoms with Crippen LogP contribution in [0.5, 0.6) is 0 Å². The Morgan fingerprint density at radius 1 is 1.24 bits per heavy atom. The molecule has 1 rings (SSSR count). The van der Waals surface area contributed by atoms with Crippen molar-refractivity contribution in [3.05, 3.63) is 29.8 Å². The van der Waals surface area contributed by atoms with Gasteiger partial charge in [0.15, 0.2) is 0 Å². The van der Waals surface area contributed by atoms with Crippen LogP contribution in [0.25, 0.3) is 0 Å². The zero-order valence-corrected chi connectivity index (χ0v) is 13.0. The van der Waals surface area contributed by atoms with Gasteiger partial charge in [0.25, 0.3) is 5.91 Å². The Morgan fingerprint density at radius 3 is 2.57 bits per heavy atom. The number of nitrogens with one attached hydrogen (secondary N) is 2. The Bertz CT molecular complexity index is 486. The first kappa shape index (κ1) is 17.2. The molecule has 1 atom stereocenters. The quantitative estimate of drug-likeness (QED) is 0.719. The van der Waals surface area contributed by atoms with Gasteiger partial charge in [0.2, 0.25) is 5.91 Å². The van der Waals surface area contributed by atoms with Gasteiger partial charge in [0.1, 0.15) is 0 Å². The summed E-state index contributed by atoms with van der Waals surface area (Å²) in [6.07, 6.45) is 1.58. The van der Waals surface area contributed by atoms with Crippen molar-refractivity contribution in [3.8, 4) is 0 Å². The van der Waals surface area contributed by atoms with Crippen LogP contribution in [-0.2, 0) is 4.79 Å². The summed E-state index contributed by atoms with van der Waals surface area (Å²) in [6.45, 7) is 6.27. The molecule has 0 aliphatic carbocycles. The fourth-order valence-corrected chi connectivity index (χ4v) is 1.90. The number of hydrogen-bond acceptors (Lipinski definition) is 3. The van der Waals surface area contributed by atoms with Crippen molar-refractivity contribution in [3.63, 3.8) is 0 Å². The van der Waals surface area contributed by atoms with Crippen molar-refractivity contribution in [1.82, 2.24) is 5.32 Å². The molecule has 0 bridgehead atoms. The molecule has 0 heterocycles. The third-order valence-corrected chi connectivity index (χ3v) is 3.10. The first-order chi connectivity index (χ1) is 9.93. The van der Waals surface area contributed by atoms with Crippen LogP contribution in [0.4, 0.5) is 5.69 Å². The third kappa shape index (κ3) is 5.95. The first-order valence-electron chi connectivity index (χ1n) is 7.36. The van der Waals surface area contributed by atoms with Gasteiger partial charge in [-0.2, -0.15) is 0 Å². The average Bonchev–Trinajstić information content (AvgIpc) is 2.44. The fraction of sp³-hybridized carbons (Fsp3) is 0.500. The number of anilines is 1. The van der Waals surface area contributed by atoms with Crippen LogP contribution in [-0.4, -0.2) is 24.4 Å². The Labute approximate surface area is 126 Å². The molecule has 21 heavy (non-hydrogen) atoms. The molecule has 1 aromatic carbocycles. The predicted molar refractivity (Wildman–Crippen MR) is 85.1 cm³/mol. The largest absolute Gasteiger partial charge is 0.350 e. The van der Waals surface area contributed by atoms with Crippen LogP contribution >= 0.6 is 0 Å². The van der Waals surface area contributed by atoms with Crippen molar-refractivity contribution in [1.29, 1.82) is 0 Å². The summed E-state index contributed by atoms with van der Waals surface area (Å²) in [4.78, 5) is 24.0. The van der Waals surface area contributed by atoms with Crippen LogP contribution in [0.1, 0.15) is 44.0 Å². The van der Waals surface area contributed by atoms with E-state index in [-0.39, 0.29) is 23.8 Å². The molecular weight excluding hydrogens is 266 g/mol. The second kappa shape index (κ2) is 8.42. The summed E-state index contributed by atoms with van der Waals surface area (Å²) in [5.74, 6) is -0.288. The maximum Gasteiger partial charge on any atom is 0.251 e. The molecule has 0 spiro atoms. The smallest absolute Gasteiger partial charge is 0.251 e. The molecule has 1 aromatic rings. The molecular formula is C16H25N3O2. The minimum absolute atomic E-state index is 0.0510.